The number of primary amides is 1. The molecule has 1 aromatic rings. The van der Waals surface area contributed by atoms with Crippen molar-refractivity contribution >= 4 is 17.4 Å². The van der Waals surface area contributed by atoms with Crippen molar-refractivity contribution < 1.29 is 9.53 Å². The standard InChI is InChI=1S/C13H22N4O2/c1-13(2,4-5-19-3)8-17-11-6-9(12(15)18)10(14)7-16-11/h6-7H,4-5,8,14H2,1-3H3,(H2,15,18)(H,16,17). The van der Waals surface area contributed by atoms with Crippen molar-refractivity contribution in [1.82, 2.24) is 4.98 Å². The van der Waals surface area contributed by atoms with Crippen molar-refractivity contribution in [2.45, 2.75) is 20.3 Å². The van der Waals surface area contributed by atoms with Crippen LogP contribution in [0.4, 0.5) is 11.5 Å². The fourth-order valence-electron chi connectivity index (χ4n) is 1.57. The molecule has 1 amide bonds. The number of rotatable bonds is 7. The number of hydrogen-bond acceptors (Lipinski definition) is 5. The summed E-state index contributed by atoms with van der Waals surface area (Å²) in [5.41, 5.74) is 11.5. The first-order chi connectivity index (χ1) is 8.85. The zero-order chi connectivity index (χ0) is 14.5. The van der Waals surface area contributed by atoms with Gasteiger partial charge in [-0.05, 0) is 17.9 Å². The van der Waals surface area contributed by atoms with E-state index in [9.17, 15) is 4.79 Å². The fraction of sp³-hybridized carbons (Fsp3) is 0.538. The molecule has 0 saturated carbocycles. The van der Waals surface area contributed by atoms with Crippen LogP contribution in [0.1, 0.15) is 30.6 Å². The summed E-state index contributed by atoms with van der Waals surface area (Å²) in [7, 11) is 1.68. The van der Waals surface area contributed by atoms with E-state index in [2.05, 4.69) is 24.1 Å². The van der Waals surface area contributed by atoms with Gasteiger partial charge >= 0.3 is 0 Å². The third kappa shape index (κ3) is 4.75. The molecule has 5 N–H and O–H groups in total. The minimum Gasteiger partial charge on any atom is -0.397 e. The van der Waals surface area contributed by atoms with Gasteiger partial charge in [-0.2, -0.15) is 0 Å². The van der Waals surface area contributed by atoms with Gasteiger partial charge in [-0.1, -0.05) is 13.8 Å². The molecule has 19 heavy (non-hydrogen) atoms. The summed E-state index contributed by atoms with van der Waals surface area (Å²) in [5.74, 6) is 0.0371. The van der Waals surface area contributed by atoms with Crippen LogP contribution in [-0.2, 0) is 4.74 Å². The van der Waals surface area contributed by atoms with Crippen molar-refractivity contribution in [2.75, 3.05) is 31.3 Å². The zero-order valence-electron chi connectivity index (χ0n) is 11.7. The number of amides is 1. The Hall–Kier alpha value is -1.82. The summed E-state index contributed by atoms with van der Waals surface area (Å²) in [6.07, 6.45) is 2.36. The Morgan fingerprint density at radius 3 is 2.79 bits per heavy atom. The molecule has 0 saturated heterocycles. The topological polar surface area (TPSA) is 103 Å². The van der Waals surface area contributed by atoms with E-state index in [0.29, 0.717) is 19.0 Å². The van der Waals surface area contributed by atoms with Crippen LogP contribution in [0.25, 0.3) is 0 Å². The lowest BCUT2D eigenvalue weighted by atomic mass is 9.90. The van der Waals surface area contributed by atoms with Crippen molar-refractivity contribution in [1.29, 1.82) is 0 Å². The summed E-state index contributed by atoms with van der Waals surface area (Å²) >= 11 is 0. The van der Waals surface area contributed by atoms with Crippen LogP contribution in [0.2, 0.25) is 0 Å². The molecule has 0 spiro atoms. The number of nitrogens with two attached hydrogens (primary N) is 2. The summed E-state index contributed by atoms with van der Waals surface area (Å²) in [6.45, 7) is 5.68. The summed E-state index contributed by atoms with van der Waals surface area (Å²) in [4.78, 5) is 15.3. The van der Waals surface area contributed by atoms with E-state index < -0.39 is 5.91 Å². The highest BCUT2D eigenvalue weighted by molar-refractivity contribution is 5.98. The zero-order valence-corrected chi connectivity index (χ0v) is 11.7. The largest absolute Gasteiger partial charge is 0.397 e. The average Bonchev–Trinajstić information content (AvgIpc) is 2.35. The second kappa shape index (κ2) is 6.38. The van der Waals surface area contributed by atoms with Gasteiger partial charge in [0.05, 0.1) is 17.4 Å². The molecule has 0 aliphatic heterocycles. The molecule has 0 radical (unpaired) electrons. The van der Waals surface area contributed by atoms with Crippen molar-refractivity contribution in [3.63, 3.8) is 0 Å². The number of nitrogens with one attached hydrogen (secondary N) is 1. The number of methoxy groups -OCH3 is 1. The minimum absolute atomic E-state index is 0.0615. The molecule has 6 heteroatoms. The number of anilines is 2. The van der Waals surface area contributed by atoms with Crippen LogP contribution in [0, 0.1) is 5.41 Å². The number of hydrogen-bond donors (Lipinski definition) is 3. The first-order valence-corrected chi connectivity index (χ1v) is 6.14. The maximum atomic E-state index is 11.2. The molecule has 1 rings (SSSR count). The smallest absolute Gasteiger partial charge is 0.250 e. The van der Waals surface area contributed by atoms with E-state index in [4.69, 9.17) is 16.2 Å². The van der Waals surface area contributed by atoms with E-state index in [1.54, 1.807) is 13.2 Å². The minimum atomic E-state index is -0.554. The molecule has 0 aliphatic carbocycles. The van der Waals surface area contributed by atoms with Gasteiger partial charge in [0.2, 0.25) is 0 Å². The van der Waals surface area contributed by atoms with Crippen molar-refractivity contribution in [3.05, 3.63) is 17.8 Å². The maximum absolute atomic E-state index is 11.2. The normalized spacial score (nSPS) is 11.3. The molecular weight excluding hydrogens is 244 g/mol. The third-order valence-electron chi connectivity index (χ3n) is 2.93. The van der Waals surface area contributed by atoms with E-state index in [1.807, 2.05) is 0 Å². The second-order valence-electron chi connectivity index (χ2n) is 5.28. The highest BCUT2D eigenvalue weighted by Crippen LogP contribution is 2.21. The number of pyridine rings is 1. The lowest BCUT2D eigenvalue weighted by Gasteiger charge is -2.25. The molecule has 0 aliphatic rings. The summed E-state index contributed by atoms with van der Waals surface area (Å²) in [6, 6.07) is 1.57. The Labute approximate surface area is 113 Å². The van der Waals surface area contributed by atoms with Crippen LogP contribution in [-0.4, -0.2) is 31.2 Å². The van der Waals surface area contributed by atoms with Crippen LogP contribution in [0.5, 0.6) is 0 Å². The third-order valence-corrected chi connectivity index (χ3v) is 2.93. The predicted molar refractivity (Wildman–Crippen MR) is 75.9 cm³/mol. The highest BCUT2D eigenvalue weighted by Gasteiger charge is 2.18. The average molecular weight is 266 g/mol. The van der Waals surface area contributed by atoms with Gasteiger partial charge in [-0.3, -0.25) is 4.79 Å². The van der Waals surface area contributed by atoms with Crippen LogP contribution < -0.4 is 16.8 Å². The van der Waals surface area contributed by atoms with E-state index in [-0.39, 0.29) is 16.7 Å². The quantitative estimate of drug-likeness (QED) is 0.689. The SMILES string of the molecule is COCCC(C)(C)CNc1cc(C(N)=O)c(N)cn1. The van der Waals surface area contributed by atoms with Crippen LogP contribution >= 0.6 is 0 Å². The predicted octanol–water partition coefficient (Wildman–Crippen LogP) is 1.24. The molecule has 0 aromatic carbocycles. The number of nitrogens with zero attached hydrogens (tertiary/aromatic N) is 1. The van der Waals surface area contributed by atoms with E-state index >= 15 is 0 Å². The Morgan fingerprint density at radius 1 is 1.53 bits per heavy atom. The number of carbonyl (C=O) groups is 1. The molecular formula is C13H22N4O2. The van der Waals surface area contributed by atoms with Gasteiger partial charge in [-0.25, -0.2) is 4.98 Å². The van der Waals surface area contributed by atoms with Gasteiger partial charge in [0.15, 0.2) is 0 Å². The molecule has 106 valence electrons. The molecule has 1 heterocycles. The monoisotopic (exact) mass is 266 g/mol. The van der Waals surface area contributed by atoms with Crippen molar-refractivity contribution in [2.24, 2.45) is 11.1 Å². The van der Waals surface area contributed by atoms with Crippen LogP contribution in [0.3, 0.4) is 0 Å². The fourth-order valence-corrected chi connectivity index (χ4v) is 1.57. The lowest BCUT2D eigenvalue weighted by Crippen LogP contribution is -2.25. The van der Waals surface area contributed by atoms with Gasteiger partial charge in [0.1, 0.15) is 5.82 Å². The molecule has 1 aromatic heterocycles. The summed E-state index contributed by atoms with van der Waals surface area (Å²) in [5, 5.41) is 3.19. The van der Waals surface area contributed by atoms with E-state index in [0.717, 1.165) is 6.42 Å². The molecule has 0 bridgehead atoms. The van der Waals surface area contributed by atoms with Gasteiger partial charge in [0, 0.05) is 20.3 Å². The number of carbonyl (C=O) groups excluding carboxylic acids is 1. The first-order valence-electron chi connectivity index (χ1n) is 6.14. The van der Waals surface area contributed by atoms with Gasteiger partial charge in [0.25, 0.3) is 5.91 Å². The van der Waals surface area contributed by atoms with Crippen molar-refractivity contribution in [3.8, 4) is 0 Å². The highest BCUT2D eigenvalue weighted by atomic mass is 16.5. The Kier molecular flexibility index (Phi) is 5.11. The molecule has 0 fully saturated rings. The van der Waals surface area contributed by atoms with Gasteiger partial charge in [-0.15, -0.1) is 0 Å². The lowest BCUT2D eigenvalue weighted by molar-refractivity contribution is 0.100. The Bertz CT molecular complexity index is 446. The maximum Gasteiger partial charge on any atom is 0.250 e. The Balaban J connectivity index is 2.68. The number of aromatic nitrogens is 1. The molecule has 0 atom stereocenters. The number of ether oxygens (including phenoxy) is 1. The molecule has 6 nitrogen and oxygen atoms in total. The number of nitrogen functional groups attached to an aromatic ring is 1. The Morgan fingerprint density at radius 2 is 2.21 bits per heavy atom. The second-order valence-corrected chi connectivity index (χ2v) is 5.28. The first kappa shape index (κ1) is 15.2. The summed E-state index contributed by atoms with van der Waals surface area (Å²) < 4.78 is 5.07. The van der Waals surface area contributed by atoms with Crippen LogP contribution in [0.15, 0.2) is 12.3 Å². The van der Waals surface area contributed by atoms with Gasteiger partial charge < -0.3 is 21.5 Å². The molecule has 0 unspecified atom stereocenters. The van der Waals surface area contributed by atoms with E-state index in [1.165, 1.54) is 6.20 Å².